The number of rotatable bonds is 1. The third-order valence-electron chi connectivity index (χ3n) is 1.30. The first kappa shape index (κ1) is 4.13. The van der Waals surface area contributed by atoms with Gasteiger partial charge in [-0.3, -0.25) is 0 Å². The van der Waals surface area contributed by atoms with Gasteiger partial charge in [0, 0.05) is 0 Å². The van der Waals surface area contributed by atoms with Gasteiger partial charge in [0.15, 0.2) is 0 Å². The van der Waals surface area contributed by atoms with Crippen molar-refractivity contribution in [2.45, 2.75) is 25.9 Å². The highest BCUT2D eigenvalue weighted by Gasteiger charge is 2.25. The van der Waals surface area contributed by atoms with Crippen LogP contribution in [0.25, 0.3) is 0 Å². The fourth-order valence-electron chi connectivity index (χ4n) is 0.579. The summed E-state index contributed by atoms with van der Waals surface area (Å²) in [6.07, 6.45) is 2.46. The molecule has 0 radical (unpaired) electrons. The normalized spacial score (nSPS) is 27.0. The van der Waals surface area contributed by atoms with Gasteiger partial charge in [-0.1, -0.05) is 0 Å². The molecule has 0 amide bonds. The summed E-state index contributed by atoms with van der Waals surface area (Å²) in [5.41, 5.74) is 0. The molecule has 0 unspecified atom stereocenters. The van der Waals surface area contributed by atoms with Crippen LogP contribution in [0.2, 0.25) is 0 Å². The lowest BCUT2D eigenvalue weighted by Gasteiger charge is -1.93. The van der Waals surface area contributed by atoms with Gasteiger partial charge < -0.3 is 5.11 Å². The number of hydrogen-bond acceptors (Lipinski definition) is 1. The standard InChI is InChI=1S/C5H10O/c1-4(6)5-2-3-5/h4-6H,2-3H2,1H3/t4-/m0/s1. The monoisotopic (exact) mass is 86.1 g/mol. The summed E-state index contributed by atoms with van der Waals surface area (Å²) in [6, 6.07) is 0. The Bertz CT molecular complexity index is 45.9. The fraction of sp³-hybridized carbons (Fsp3) is 1.00. The van der Waals surface area contributed by atoms with Gasteiger partial charge in [-0.2, -0.15) is 0 Å². The second-order valence-electron chi connectivity index (χ2n) is 2.08. The zero-order valence-corrected chi connectivity index (χ0v) is 4.02. The van der Waals surface area contributed by atoms with Crippen molar-refractivity contribution < 1.29 is 5.11 Å². The van der Waals surface area contributed by atoms with E-state index in [1.165, 1.54) is 12.8 Å². The van der Waals surface area contributed by atoms with E-state index < -0.39 is 0 Å². The summed E-state index contributed by atoms with van der Waals surface area (Å²) in [5, 5.41) is 8.69. The van der Waals surface area contributed by atoms with E-state index in [4.69, 9.17) is 5.11 Å². The van der Waals surface area contributed by atoms with E-state index in [9.17, 15) is 0 Å². The lowest BCUT2D eigenvalue weighted by molar-refractivity contribution is 0.171. The first-order chi connectivity index (χ1) is 2.80. The van der Waals surface area contributed by atoms with Gasteiger partial charge in [-0.05, 0) is 25.7 Å². The van der Waals surface area contributed by atoms with Gasteiger partial charge in [0.2, 0.25) is 0 Å². The molecule has 0 aromatic heterocycles. The lowest BCUT2D eigenvalue weighted by Crippen LogP contribution is -1.99. The molecule has 1 rings (SSSR count). The van der Waals surface area contributed by atoms with Crippen LogP contribution in [0.5, 0.6) is 0 Å². The molecule has 0 spiro atoms. The van der Waals surface area contributed by atoms with Crippen LogP contribution in [0.4, 0.5) is 0 Å². The van der Waals surface area contributed by atoms with Crippen molar-refractivity contribution in [2.24, 2.45) is 5.92 Å². The lowest BCUT2D eigenvalue weighted by atomic mass is 10.3. The van der Waals surface area contributed by atoms with E-state index in [0.717, 1.165) is 0 Å². The van der Waals surface area contributed by atoms with Gasteiger partial charge in [0.1, 0.15) is 0 Å². The Morgan fingerprint density at radius 2 is 2.17 bits per heavy atom. The van der Waals surface area contributed by atoms with Gasteiger partial charge >= 0.3 is 0 Å². The molecule has 0 aromatic rings. The number of aliphatic hydroxyl groups is 1. The van der Waals surface area contributed by atoms with Crippen molar-refractivity contribution in [2.75, 3.05) is 0 Å². The van der Waals surface area contributed by atoms with Crippen molar-refractivity contribution in [1.29, 1.82) is 0 Å². The molecule has 0 heterocycles. The maximum atomic E-state index is 8.69. The third-order valence-corrected chi connectivity index (χ3v) is 1.30. The molecule has 1 fully saturated rings. The van der Waals surface area contributed by atoms with E-state index in [-0.39, 0.29) is 6.10 Å². The van der Waals surface area contributed by atoms with E-state index >= 15 is 0 Å². The fourth-order valence-corrected chi connectivity index (χ4v) is 0.579. The number of aliphatic hydroxyl groups excluding tert-OH is 1. The molecule has 0 bridgehead atoms. The number of hydrogen-bond donors (Lipinski definition) is 1. The summed E-state index contributed by atoms with van der Waals surface area (Å²) < 4.78 is 0. The summed E-state index contributed by atoms with van der Waals surface area (Å²) in [6.45, 7) is 1.86. The molecule has 6 heavy (non-hydrogen) atoms. The third kappa shape index (κ3) is 0.716. The van der Waals surface area contributed by atoms with Crippen molar-refractivity contribution in [3.05, 3.63) is 0 Å². The molecule has 1 N–H and O–H groups in total. The van der Waals surface area contributed by atoms with Gasteiger partial charge in [-0.25, -0.2) is 0 Å². The van der Waals surface area contributed by atoms with Crippen molar-refractivity contribution >= 4 is 0 Å². The SMILES string of the molecule is C[C@H](O)C1CC1. The minimum absolute atomic E-state index is 0.0370. The van der Waals surface area contributed by atoms with Crippen LogP contribution < -0.4 is 0 Å². The zero-order chi connectivity index (χ0) is 4.57. The van der Waals surface area contributed by atoms with E-state index in [1.54, 1.807) is 0 Å². The average Bonchev–Trinajstić information content (AvgIpc) is 2.06. The highest BCUT2D eigenvalue weighted by Crippen LogP contribution is 2.31. The molecule has 1 aliphatic carbocycles. The first-order valence-corrected chi connectivity index (χ1v) is 2.49. The van der Waals surface area contributed by atoms with Crippen LogP contribution in [0.3, 0.4) is 0 Å². The zero-order valence-electron chi connectivity index (χ0n) is 4.02. The van der Waals surface area contributed by atoms with E-state index in [2.05, 4.69) is 0 Å². The summed E-state index contributed by atoms with van der Waals surface area (Å²) in [5.74, 6) is 0.657. The highest BCUT2D eigenvalue weighted by molar-refractivity contribution is 4.77. The second-order valence-corrected chi connectivity index (χ2v) is 2.08. The quantitative estimate of drug-likeness (QED) is 0.500. The smallest absolute Gasteiger partial charge is 0.0540 e. The topological polar surface area (TPSA) is 20.2 Å². The minimum Gasteiger partial charge on any atom is -0.393 e. The molecule has 1 heteroatoms. The van der Waals surface area contributed by atoms with Crippen molar-refractivity contribution in [1.82, 2.24) is 0 Å². The summed E-state index contributed by atoms with van der Waals surface area (Å²) in [4.78, 5) is 0. The molecule has 1 atom stereocenters. The van der Waals surface area contributed by atoms with Crippen LogP contribution in [0.15, 0.2) is 0 Å². The Morgan fingerprint density at radius 3 is 2.17 bits per heavy atom. The molecule has 0 aromatic carbocycles. The minimum atomic E-state index is -0.0370. The van der Waals surface area contributed by atoms with Crippen LogP contribution in [0.1, 0.15) is 19.8 Å². The van der Waals surface area contributed by atoms with Crippen LogP contribution >= 0.6 is 0 Å². The van der Waals surface area contributed by atoms with Gasteiger partial charge in [0.25, 0.3) is 0 Å². The highest BCUT2D eigenvalue weighted by atomic mass is 16.3. The molecule has 1 nitrogen and oxygen atoms in total. The largest absolute Gasteiger partial charge is 0.393 e. The van der Waals surface area contributed by atoms with Crippen molar-refractivity contribution in [3.8, 4) is 0 Å². The average molecular weight is 86.1 g/mol. The molecule has 0 aliphatic heterocycles. The molecule has 36 valence electrons. The summed E-state index contributed by atoms with van der Waals surface area (Å²) in [7, 11) is 0. The molecular formula is C5H10O. The molecule has 0 saturated heterocycles. The van der Waals surface area contributed by atoms with Gasteiger partial charge in [0.05, 0.1) is 6.10 Å². The predicted molar refractivity (Wildman–Crippen MR) is 24.4 cm³/mol. The van der Waals surface area contributed by atoms with Crippen molar-refractivity contribution in [3.63, 3.8) is 0 Å². The Kier molecular flexibility index (Phi) is 0.845. The van der Waals surface area contributed by atoms with Crippen LogP contribution in [-0.4, -0.2) is 11.2 Å². The Labute approximate surface area is 38.0 Å². The van der Waals surface area contributed by atoms with Gasteiger partial charge in [-0.15, -0.1) is 0 Å². The Hall–Kier alpha value is -0.0400. The Balaban J connectivity index is 2.13. The first-order valence-electron chi connectivity index (χ1n) is 2.49. The van der Waals surface area contributed by atoms with Crippen LogP contribution in [-0.2, 0) is 0 Å². The molecule has 1 saturated carbocycles. The maximum absolute atomic E-state index is 8.69. The Morgan fingerprint density at radius 1 is 1.67 bits per heavy atom. The molecular weight excluding hydrogens is 76.1 g/mol. The van der Waals surface area contributed by atoms with E-state index in [0.29, 0.717) is 5.92 Å². The maximum Gasteiger partial charge on any atom is 0.0540 e. The second kappa shape index (κ2) is 1.23. The molecule has 1 aliphatic rings. The van der Waals surface area contributed by atoms with E-state index in [1.807, 2.05) is 6.92 Å². The van der Waals surface area contributed by atoms with Crippen LogP contribution in [0, 0.1) is 5.92 Å². The summed E-state index contributed by atoms with van der Waals surface area (Å²) >= 11 is 0. The predicted octanol–water partition coefficient (Wildman–Crippen LogP) is 0.777.